The summed E-state index contributed by atoms with van der Waals surface area (Å²) in [5.41, 5.74) is 6.31. The highest BCUT2D eigenvalue weighted by Gasteiger charge is 2.00. The first-order chi connectivity index (χ1) is 11.0. The number of hydrogen-bond acceptors (Lipinski definition) is 1. The van der Waals surface area contributed by atoms with Crippen LogP contribution < -0.4 is 0 Å². The van der Waals surface area contributed by atoms with Crippen LogP contribution in [0.2, 0.25) is 0 Å². The minimum Gasteiger partial charge on any atom is -0.248 e. The van der Waals surface area contributed by atoms with E-state index in [2.05, 4.69) is 63.2 Å². The van der Waals surface area contributed by atoms with Crippen LogP contribution in [0.25, 0.3) is 11.6 Å². The predicted octanol–water partition coefficient (Wildman–Crippen LogP) is 6.46. The van der Waals surface area contributed by atoms with E-state index in [4.69, 9.17) is 0 Å². The Morgan fingerprint density at radius 2 is 1.91 bits per heavy atom. The van der Waals surface area contributed by atoms with E-state index in [9.17, 15) is 0 Å². The van der Waals surface area contributed by atoms with Gasteiger partial charge in [0.1, 0.15) is 0 Å². The molecule has 0 aliphatic carbocycles. The zero-order valence-corrected chi connectivity index (χ0v) is 14.8. The van der Waals surface area contributed by atoms with E-state index in [1.165, 1.54) is 11.1 Å². The van der Waals surface area contributed by atoms with Crippen molar-refractivity contribution in [2.75, 3.05) is 0 Å². The normalized spacial score (nSPS) is 13.0. The maximum atomic E-state index is 4.67. The highest BCUT2D eigenvalue weighted by atomic mass is 14.7. The minimum atomic E-state index is 0.912. The predicted molar refractivity (Wildman–Crippen MR) is 104 cm³/mol. The first-order valence-corrected chi connectivity index (χ1v) is 7.96. The van der Waals surface area contributed by atoms with Crippen LogP contribution in [-0.4, -0.2) is 4.98 Å². The average Bonchev–Trinajstić information content (AvgIpc) is 2.52. The van der Waals surface area contributed by atoms with Gasteiger partial charge < -0.3 is 0 Å². The van der Waals surface area contributed by atoms with E-state index < -0.39 is 0 Å². The highest BCUT2D eigenvalue weighted by Crippen LogP contribution is 2.16. The third-order valence-electron chi connectivity index (χ3n) is 3.34. The first-order valence-electron chi connectivity index (χ1n) is 7.96. The molecule has 1 heteroatoms. The lowest BCUT2D eigenvalue weighted by Gasteiger charge is -2.04. The van der Waals surface area contributed by atoms with Gasteiger partial charge in [0.2, 0.25) is 0 Å². The Balaban J connectivity index is 2.99. The molecule has 0 atom stereocenters. The van der Waals surface area contributed by atoms with Gasteiger partial charge in [-0.25, -0.2) is 4.98 Å². The summed E-state index contributed by atoms with van der Waals surface area (Å²) in [4.78, 5) is 4.67. The molecule has 0 aliphatic heterocycles. The molecule has 0 unspecified atom stereocenters. The van der Waals surface area contributed by atoms with E-state index in [0.29, 0.717) is 0 Å². The van der Waals surface area contributed by atoms with Gasteiger partial charge in [0.25, 0.3) is 0 Å². The molecule has 1 aromatic heterocycles. The standard InChI is InChI=1S/C22H27N/c1-7-10-18(4)13-14-20(6)22-16-19(5)15-21(23-22)12-9-11-17(3)8-2/h8-16H,2,6-7H2,1,3-5H3/b12-9+,14-13-,17-11-,18-10-. The number of aryl methyl sites for hydroxylation is 1. The van der Waals surface area contributed by atoms with E-state index >= 15 is 0 Å². The van der Waals surface area contributed by atoms with Crippen molar-refractivity contribution in [3.05, 3.63) is 89.8 Å². The second-order valence-corrected chi connectivity index (χ2v) is 5.64. The third-order valence-corrected chi connectivity index (χ3v) is 3.34. The molecule has 1 aromatic rings. The molecular formula is C22H27N. The fourth-order valence-corrected chi connectivity index (χ4v) is 2.02. The van der Waals surface area contributed by atoms with E-state index in [0.717, 1.165) is 29.0 Å². The molecule has 0 bridgehead atoms. The molecule has 0 amide bonds. The van der Waals surface area contributed by atoms with Gasteiger partial charge >= 0.3 is 0 Å². The van der Waals surface area contributed by atoms with E-state index in [1.807, 2.05) is 37.3 Å². The number of rotatable bonds is 7. The summed E-state index contributed by atoms with van der Waals surface area (Å²) in [6.07, 6.45) is 15.2. The third kappa shape index (κ3) is 6.92. The Labute approximate surface area is 141 Å². The van der Waals surface area contributed by atoms with Gasteiger partial charge in [-0.3, -0.25) is 0 Å². The molecular weight excluding hydrogens is 278 g/mol. The lowest BCUT2D eigenvalue weighted by molar-refractivity contribution is 1.20. The molecule has 1 nitrogen and oxygen atoms in total. The van der Waals surface area contributed by atoms with E-state index in [-0.39, 0.29) is 0 Å². The van der Waals surface area contributed by atoms with Gasteiger partial charge in [-0.2, -0.15) is 0 Å². The summed E-state index contributed by atoms with van der Waals surface area (Å²) in [6.45, 7) is 16.2. The zero-order chi connectivity index (χ0) is 17.2. The lowest BCUT2D eigenvalue weighted by Crippen LogP contribution is -1.91. The van der Waals surface area contributed by atoms with Crippen LogP contribution in [0.1, 0.15) is 44.1 Å². The van der Waals surface area contributed by atoms with Crippen molar-refractivity contribution in [2.45, 2.75) is 34.1 Å². The van der Waals surface area contributed by atoms with Crippen LogP contribution in [0, 0.1) is 6.92 Å². The Morgan fingerprint density at radius 1 is 1.17 bits per heavy atom. The summed E-state index contributed by atoms with van der Waals surface area (Å²) in [6, 6.07) is 4.13. The Hall–Kier alpha value is -2.41. The molecule has 0 radical (unpaired) electrons. The number of pyridine rings is 1. The summed E-state index contributed by atoms with van der Waals surface area (Å²) < 4.78 is 0. The maximum Gasteiger partial charge on any atom is 0.0705 e. The van der Waals surface area contributed by atoms with Crippen molar-refractivity contribution in [2.24, 2.45) is 0 Å². The van der Waals surface area contributed by atoms with Gasteiger partial charge in [-0.15, -0.1) is 0 Å². The van der Waals surface area contributed by atoms with Crippen molar-refractivity contribution in [1.82, 2.24) is 4.98 Å². The summed E-state index contributed by atoms with van der Waals surface area (Å²) in [5.74, 6) is 0. The van der Waals surface area contributed by atoms with Gasteiger partial charge in [-0.1, -0.05) is 67.7 Å². The molecule has 0 saturated carbocycles. The summed E-state index contributed by atoms with van der Waals surface area (Å²) in [5, 5.41) is 0. The molecule has 1 heterocycles. The molecule has 0 fully saturated rings. The second-order valence-electron chi connectivity index (χ2n) is 5.64. The van der Waals surface area contributed by atoms with Gasteiger partial charge in [0, 0.05) is 0 Å². The molecule has 23 heavy (non-hydrogen) atoms. The van der Waals surface area contributed by atoms with Crippen molar-refractivity contribution >= 4 is 11.6 Å². The van der Waals surface area contributed by atoms with Crippen molar-refractivity contribution in [1.29, 1.82) is 0 Å². The molecule has 1 rings (SSSR count). The fourth-order valence-electron chi connectivity index (χ4n) is 2.02. The lowest BCUT2D eigenvalue weighted by atomic mass is 10.1. The summed E-state index contributed by atoms with van der Waals surface area (Å²) in [7, 11) is 0. The monoisotopic (exact) mass is 305 g/mol. The summed E-state index contributed by atoms with van der Waals surface area (Å²) >= 11 is 0. The van der Waals surface area contributed by atoms with Crippen molar-refractivity contribution in [3.63, 3.8) is 0 Å². The quantitative estimate of drug-likeness (QED) is 0.527. The Bertz CT molecular complexity index is 682. The Morgan fingerprint density at radius 3 is 2.57 bits per heavy atom. The smallest absolute Gasteiger partial charge is 0.0705 e. The second kappa shape index (κ2) is 9.58. The molecule has 0 spiro atoms. The molecule has 0 aliphatic rings. The van der Waals surface area contributed by atoms with Gasteiger partial charge in [-0.05, 0) is 56.5 Å². The van der Waals surface area contributed by atoms with Crippen LogP contribution in [0.5, 0.6) is 0 Å². The molecule has 0 saturated heterocycles. The number of allylic oxidation sites excluding steroid dienone is 9. The fraction of sp³-hybridized carbons (Fsp3) is 0.227. The number of aromatic nitrogens is 1. The number of nitrogens with zero attached hydrogens (tertiary/aromatic N) is 1. The van der Waals surface area contributed by atoms with Crippen LogP contribution >= 0.6 is 0 Å². The maximum absolute atomic E-state index is 4.67. The minimum absolute atomic E-state index is 0.912. The first kappa shape index (κ1) is 18.6. The van der Waals surface area contributed by atoms with Crippen molar-refractivity contribution < 1.29 is 0 Å². The van der Waals surface area contributed by atoms with Gasteiger partial charge in [0.05, 0.1) is 11.4 Å². The average molecular weight is 305 g/mol. The van der Waals surface area contributed by atoms with Crippen LogP contribution in [0.15, 0.2) is 72.9 Å². The van der Waals surface area contributed by atoms with Crippen molar-refractivity contribution in [3.8, 4) is 0 Å². The van der Waals surface area contributed by atoms with Crippen LogP contribution in [0.4, 0.5) is 0 Å². The van der Waals surface area contributed by atoms with Gasteiger partial charge in [0.15, 0.2) is 0 Å². The Kier molecular flexibility index (Phi) is 7.76. The van der Waals surface area contributed by atoms with E-state index in [1.54, 1.807) is 0 Å². The zero-order valence-electron chi connectivity index (χ0n) is 14.8. The molecule has 0 N–H and O–H groups in total. The van der Waals surface area contributed by atoms with Crippen LogP contribution in [0.3, 0.4) is 0 Å². The molecule has 120 valence electrons. The highest BCUT2D eigenvalue weighted by molar-refractivity contribution is 5.71. The SMILES string of the molecule is C=C/C(C)=C\C=C\c1cc(C)cc(C(=C)/C=C\C(C)=C/CC)n1. The topological polar surface area (TPSA) is 12.9 Å². The largest absolute Gasteiger partial charge is 0.248 e. The molecule has 0 aromatic carbocycles. The number of hydrogen-bond donors (Lipinski definition) is 0. The van der Waals surface area contributed by atoms with Crippen LogP contribution in [-0.2, 0) is 0 Å².